The largest absolute Gasteiger partial charge is 0.497 e. The fourth-order valence-electron chi connectivity index (χ4n) is 2.73. The number of hydrogen-bond donors (Lipinski definition) is 2. The van der Waals surface area contributed by atoms with Crippen molar-refractivity contribution in [2.45, 2.75) is 13.3 Å². The number of anilines is 2. The number of rotatable bonds is 7. The molecule has 0 atom stereocenters. The first kappa shape index (κ1) is 19.7. The van der Waals surface area contributed by atoms with Crippen LogP contribution in [0.4, 0.5) is 11.5 Å². The average molecular weight is 396 g/mol. The van der Waals surface area contributed by atoms with Gasteiger partial charge in [-0.05, 0) is 60.9 Å². The number of nitrogens with zero attached hydrogens (tertiary/aromatic N) is 1. The molecule has 3 aromatic rings. The van der Waals surface area contributed by atoms with Crippen LogP contribution in [0.5, 0.6) is 5.75 Å². The summed E-state index contributed by atoms with van der Waals surface area (Å²) in [7, 11) is 1.65. The normalized spacial score (nSPS) is 10.4. The summed E-state index contributed by atoms with van der Waals surface area (Å²) in [6, 6.07) is 16.8. The summed E-state index contributed by atoms with van der Waals surface area (Å²) < 4.78 is 5.16. The van der Waals surface area contributed by atoms with E-state index in [1.807, 2.05) is 43.3 Å². The van der Waals surface area contributed by atoms with Crippen LogP contribution < -0.4 is 15.4 Å². The molecule has 1 aromatic heterocycles. The number of benzene rings is 2. The van der Waals surface area contributed by atoms with Crippen LogP contribution in [0.25, 0.3) is 0 Å². The lowest BCUT2D eigenvalue weighted by atomic mass is 10.1. The summed E-state index contributed by atoms with van der Waals surface area (Å²) in [6.07, 6.45) is 2.46. The molecule has 0 radical (unpaired) electrons. The van der Waals surface area contributed by atoms with Crippen LogP contribution in [-0.4, -0.2) is 24.5 Å². The fraction of sp³-hybridized carbons (Fsp3) is 0.182. The van der Waals surface area contributed by atoms with Crippen molar-refractivity contribution < 1.29 is 9.53 Å². The maximum atomic E-state index is 12.6. The van der Waals surface area contributed by atoms with Crippen LogP contribution in [0, 0.1) is 6.92 Å². The molecule has 0 aliphatic rings. The van der Waals surface area contributed by atoms with Gasteiger partial charge >= 0.3 is 0 Å². The summed E-state index contributed by atoms with van der Waals surface area (Å²) in [5, 5.41) is 6.77. The topological polar surface area (TPSA) is 63.2 Å². The second-order valence-corrected chi connectivity index (χ2v) is 6.73. The molecule has 2 aromatic carbocycles. The molecule has 0 aliphatic carbocycles. The first-order valence-electron chi connectivity index (χ1n) is 8.96. The Labute approximate surface area is 169 Å². The highest BCUT2D eigenvalue weighted by molar-refractivity contribution is 6.31. The number of hydrogen-bond acceptors (Lipinski definition) is 4. The van der Waals surface area contributed by atoms with Crippen molar-refractivity contribution in [3.63, 3.8) is 0 Å². The molecule has 0 spiro atoms. The van der Waals surface area contributed by atoms with Crippen molar-refractivity contribution in [2.75, 3.05) is 24.3 Å². The number of methoxy groups -OCH3 is 1. The third-order valence-corrected chi connectivity index (χ3v) is 4.83. The molecule has 28 heavy (non-hydrogen) atoms. The molecule has 0 fully saturated rings. The van der Waals surface area contributed by atoms with Gasteiger partial charge in [0, 0.05) is 29.0 Å². The van der Waals surface area contributed by atoms with Crippen LogP contribution in [0.3, 0.4) is 0 Å². The van der Waals surface area contributed by atoms with Crippen LogP contribution in [0.15, 0.2) is 60.8 Å². The Morgan fingerprint density at radius 3 is 2.68 bits per heavy atom. The SMILES string of the molecule is COc1ccc(CCNc2cc(C(=O)Nc3cccc(Cl)c3C)ccn2)cc1. The zero-order valence-electron chi connectivity index (χ0n) is 15.8. The van der Waals surface area contributed by atoms with Gasteiger partial charge in [0.25, 0.3) is 5.91 Å². The van der Waals surface area contributed by atoms with Crippen molar-refractivity contribution in [2.24, 2.45) is 0 Å². The Balaban J connectivity index is 1.59. The fourth-order valence-corrected chi connectivity index (χ4v) is 2.91. The lowest BCUT2D eigenvalue weighted by molar-refractivity contribution is 0.102. The molecule has 0 bridgehead atoms. The molecule has 0 aliphatic heterocycles. The minimum Gasteiger partial charge on any atom is -0.497 e. The standard InChI is InChI=1S/C22H22ClN3O2/c1-15-19(23)4-3-5-20(15)26-22(27)17-11-13-25-21(14-17)24-12-10-16-6-8-18(28-2)9-7-16/h3-9,11,13-14H,10,12H2,1-2H3,(H,24,25)(H,26,27). The second-order valence-electron chi connectivity index (χ2n) is 6.32. The molecule has 0 saturated carbocycles. The Bertz CT molecular complexity index is 958. The van der Waals surface area contributed by atoms with Gasteiger partial charge in [-0.1, -0.05) is 29.8 Å². The summed E-state index contributed by atoms with van der Waals surface area (Å²) in [5.41, 5.74) is 3.26. The van der Waals surface area contributed by atoms with Gasteiger partial charge in [-0.15, -0.1) is 0 Å². The minimum atomic E-state index is -0.203. The monoisotopic (exact) mass is 395 g/mol. The highest BCUT2D eigenvalue weighted by atomic mass is 35.5. The van der Waals surface area contributed by atoms with Crippen LogP contribution >= 0.6 is 11.6 Å². The lowest BCUT2D eigenvalue weighted by Gasteiger charge is -2.11. The van der Waals surface area contributed by atoms with E-state index in [1.54, 1.807) is 31.5 Å². The number of ether oxygens (including phenoxy) is 1. The number of pyridine rings is 1. The molecule has 3 rings (SSSR count). The van der Waals surface area contributed by atoms with Crippen molar-refractivity contribution in [1.82, 2.24) is 4.98 Å². The molecule has 144 valence electrons. The first-order valence-corrected chi connectivity index (χ1v) is 9.34. The molecule has 5 nitrogen and oxygen atoms in total. The van der Waals surface area contributed by atoms with Gasteiger partial charge in [-0.2, -0.15) is 0 Å². The smallest absolute Gasteiger partial charge is 0.255 e. The van der Waals surface area contributed by atoms with Gasteiger partial charge in [0.1, 0.15) is 11.6 Å². The van der Waals surface area contributed by atoms with E-state index in [-0.39, 0.29) is 5.91 Å². The number of carbonyl (C=O) groups excluding carboxylic acids is 1. The molecule has 6 heteroatoms. The molecule has 0 unspecified atom stereocenters. The zero-order chi connectivity index (χ0) is 19.9. The average Bonchev–Trinajstić information content (AvgIpc) is 2.72. The lowest BCUT2D eigenvalue weighted by Crippen LogP contribution is -2.14. The Morgan fingerprint density at radius 2 is 1.93 bits per heavy atom. The van der Waals surface area contributed by atoms with E-state index in [0.717, 1.165) is 17.7 Å². The van der Waals surface area contributed by atoms with Crippen LogP contribution in [-0.2, 0) is 6.42 Å². The van der Waals surface area contributed by atoms with E-state index >= 15 is 0 Å². The van der Waals surface area contributed by atoms with Gasteiger partial charge in [-0.3, -0.25) is 4.79 Å². The van der Waals surface area contributed by atoms with Gasteiger partial charge < -0.3 is 15.4 Å². The van der Waals surface area contributed by atoms with Crippen LogP contribution in [0.1, 0.15) is 21.5 Å². The number of nitrogens with one attached hydrogen (secondary N) is 2. The Kier molecular flexibility index (Phi) is 6.50. The van der Waals surface area contributed by atoms with Crippen molar-refractivity contribution in [3.05, 3.63) is 82.5 Å². The highest BCUT2D eigenvalue weighted by Crippen LogP contribution is 2.23. The summed E-state index contributed by atoms with van der Waals surface area (Å²) in [6.45, 7) is 2.58. The summed E-state index contributed by atoms with van der Waals surface area (Å²) in [5.74, 6) is 1.29. The second kappa shape index (κ2) is 9.24. The van der Waals surface area contributed by atoms with E-state index in [9.17, 15) is 4.79 Å². The van der Waals surface area contributed by atoms with Crippen LogP contribution in [0.2, 0.25) is 5.02 Å². The minimum absolute atomic E-state index is 0.203. The van der Waals surface area contributed by atoms with E-state index in [0.29, 0.717) is 28.6 Å². The Hall–Kier alpha value is -3.05. The van der Waals surface area contributed by atoms with Gasteiger partial charge in [0.05, 0.1) is 7.11 Å². The van der Waals surface area contributed by atoms with E-state index in [2.05, 4.69) is 15.6 Å². The van der Waals surface area contributed by atoms with E-state index < -0.39 is 0 Å². The molecular weight excluding hydrogens is 374 g/mol. The summed E-state index contributed by atoms with van der Waals surface area (Å²) >= 11 is 6.11. The Morgan fingerprint density at radius 1 is 1.14 bits per heavy atom. The predicted octanol–water partition coefficient (Wildman–Crippen LogP) is 4.96. The van der Waals surface area contributed by atoms with E-state index in [4.69, 9.17) is 16.3 Å². The number of halogens is 1. The molecule has 0 saturated heterocycles. The molecular formula is C22H22ClN3O2. The third-order valence-electron chi connectivity index (χ3n) is 4.42. The zero-order valence-corrected chi connectivity index (χ0v) is 16.6. The van der Waals surface area contributed by atoms with Gasteiger partial charge in [0.15, 0.2) is 0 Å². The number of carbonyl (C=O) groups is 1. The van der Waals surface area contributed by atoms with Crippen molar-refractivity contribution >= 4 is 29.0 Å². The third kappa shape index (κ3) is 5.02. The molecule has 1 amide bonds. The molecule has 2 N–H and O–H groups in total. The molecule has 1 heterocycles. The first-order chi connectivity index (χ1) is 13.6. The van der Waals surface area contributed by atoms with Gasteiger partial charge in [-0.25, -0.2) is 4.98 Å². The maximum Gasteiger partial charge on any atom is 0.255 e. The highest BCUT2D eigenvalue weighted by Gasteiger charge is 2.10. The number of aromatic nitrogens is 1. The number of amides is 1. The van der Waals surface area contributed by atoms with E-state index in [1.165, 1.54) is 5.56 Å². The van der Waals surface area contributed by atoms with Crippen molar-refractivity contribution in [1.29, 1.82) is 0 Å². The predicted molar refractivity (Wildman–Crippen MR) is 114 cm³/mol. The van der Waals surface area contributed by atoms with Crippen molar-refractivity contribution in [3.8, 4) is 5.75 Å². The van der Waals surface area contributed by atoms with Gasteiger partial charge in [0.2, 0.25) is 0 Å². The quantitative estimate of drug-likeness (QED) is 0.593. The maximum absolute atomic E-state index is 12.6. The summed E-state index contributed by atoms with van der Waals surface area (Å²) in [4.78, 5) is 16.9.